The number of aromatic nitrogens is 1. The van der Waals surface area contributed by atoms with Crippen molar-refractivity contribution in [2.45, 2.75) is 6.10 Å². The molecule has 0 unspecified atom stereocenters. The summed E-state index contributed by atoms with van der Waals surface area (Å²) in [7, 11) is 0. The first-order chi connectivity index (χ1) is 6.93. The molecular formula is C10H10N2OS. The molecule has 0 radical (unpaired) electrons. The lowest BCUT2D eigenvalue weighted by molar-refractivity contribution is 0.144. The highest BCUT2D eigenvalue weighted by molar-refractivity contribution is 7.17. The van der Waals surface area contributed by atoms with Crippen molar-refractivity contribution in [3.8, 4) is 5.75 Å². The molecule has 0 spiro atoms. The van der Waals surface area contributed by atoms with E-state index in [2.05, 4.69) is 10.3 Å². The Morgan fingerprint density at radius 3 is 3.14 bits per heavy atom. The zero-order valence-corrected chi connectivity index (χ0v) is 8.38. The molecule has 2 aromatic rings. The third-order valence-corrected chi connectivity index (χ3v) is 3.21. The Morgan fingerprint density at radius 2 is 2.36 bits per heavy atom. The Labute approximate surface area is 85.7 Å². The van der Waals surface area contributed by atoms with Crippen molar-refractivity contribution >= 4 is 21.6 Å². The molecule has 4 heteroatoms. The zero-order valence-electron chi connectivity index (χ0n) is 7.56. The summed E-state index contributed by atoms with van der Waals surface area (Å²) in [5, 5.41) is 3.19. The van der Waals surface area contributed by atoms with Gasteiger partial charge < -0.3 is 10.1 Å². The van der Waals surface area contributed by atoms with Gasteiger partial charge in [0.05, 0.1) is 15.7 Å². The minimum atomic E-state index is 0.336. The summed E-state index contributed by atoms with van der Waals surface area (Å²) in [6.45, 7) is 1.91. The fraction of sp³-hybridized carbons (Fsp3) is 0.300. The molecule has 0 aliphatic carbocycles. The van der Waals surface area contributed by atoms with Crippen LogP contribution in [0.15, 0.2) is 23.7 Å². The van der Waals surface area contributed by atoms with E-state index in [1.165, 1.54) is 0 Å². The summed E-state index contributed by atoms with van der Waals surface area (Å²) in [5.74, 6) is 0.969. The van der Waals surface area contributed by atoms with Crippen LogP contribution in [0.25, 0.3) is 10.2 Å². The number of hydrogen-bond acceptors (Lipinski definition) is 4. The van der Waals surface area contributed by atoms with Crippen molar-refractivity contribution in [2.24, 2.45) is 0 Å². The highest BCUT2D eigenvalue weighted by atomic mass is 32.1. The number of nitrogens with one attached hydrogen (secondary N) is 1. The predicted molar refractivity (Wildman–Crippen MR) is 56.9 cm³/mol. The largest absolute Gasteiger partial charge is 0.486 e. The molecule has 0 bridgehead atoms. The standard InChI is InChI=1S/C10H10N2OS/c1-2-8-10(14-6-12-8)9(3-1)13-7-4-11-5-7/h1-3,6-7,11H,4-5H2. The van der Waals surface area contributed by atoms with Crippen LogP contribution >= 0.6 is 11.3 Å². The van der Waals surface area contributed by atoms with E-state index >= 15 is 0 Å². The van der Waals surface area contributed by atoms with E-state index < -0.39 is 0 Å². The van der Waals surface area contributed by atoms with Gasteiger partial charge in [-0.2, -0.15) is 0 Å². The van der Waals surface area contributed by atoms with Gasteiger partial charge in [0.2, 0.25) is 0 Å². The van der Waals surface area contributed by atoms with E-state index in [0.29, 0.717) is 6.10 Å². The summed E-state index contributed by atoms with van der Waals surface area (Å²) in [4.78, 5) is 4.25. The molecule has 0 atom stereocenters. The molecule has 72 valence electrons. The van der Waals surface area contributed by atoms with Gasteiger partial charge in [0.1, 0.15) is 11.9 Å². The first-order valence-electron chi connectivity index (χ1n) is 4.63. The van der Waals surface area contributed by atoms with Crippen LogP contribution in [0.2, 0.25) is 0 Å². The van der Waals surface area contributed by atoms with Crippen LogP contribution in [0.1, 0.15) is 0 Å². The van der Waals surface area contributed by atoms with Crippen molar-refractivity contribution in [1.82, 2.24) is 10.3 Å². The average molecular weight is 206 g/mol. The summed E-state index contributed by atoms with van der Waals surface area (Å²) in [6.07, 6.45) is 0.336. The molecule has 1 saturated heterocycles. The van der Waals surface area contributed by atoms with Crippen LogP contribution in [-0.2, 0) is 0 Å². The monoisotopic (exact) mass is 206 g/mol. The molecule has 3 rings (SSSR count). The fourth-order valence-electron chi connectivity index (χ4n) is 1.48. The quantitative estimate of drug-likeness (QED) is 0.811. The minimum Gasteiger partial charge on any atom is -0.486 e. The lowest BCUT2D eigenvalue weighted by atomic mass is 10.2. The van der Waals surface area contributed by atoms with Gasteiger partial charge >= 0.3 is 0 Å². The van der Waals surface area contributed by atoms with E-state index in [-0.39, 0.29) is 0 Å². The highest BCUT2D eigenvalue weighted by Crippen LogP contribution is 2.29. The fourth-order valence-corrected chi connectivity index (χ4v) is 2.22. The Hall–Kier alpha value is -1.13. The SMILES string of the molecule is c1cc(OC2CNC2)c2scnc2c1. The second-order valence-electron chi connectivity index (χ2n) is 3.35. The van der Waals surface area contributed by atoms with E-state index in [1.807, 2.05) is 23.7 Å². The maximum atomic E-state index is 5.83. The Bertz CT molecular complexity index is 450. The Kier molecular flexibility index (Phi) is 1.89. The lowest BCUT2D eigenvalue weighted by Crippen LogP contribution is -2.50. The first kappa shape index (κ1) is 8.20. The molecule has 1 N–H and O–H groups in total. The molecule has 1 aromatic carbocycles. The van der Waals surface area contributed by atoms with E-state index in [4.69, 9.17) is 4.74 Å². The van der Waals surface area contributed by atoms with Crippen LogP contribution in [0.4, 0.5) is 0 Å². The number of fused-ring (bicyclic) bond motifs is 1. The Morgan fingerprint density at radius 1 is 1.43 bits per heavy atom. The van der Waals surface area contributed by atoms with Crippen molar-refractivity contribution in [3.05, 3.63) is 23.7 Å². The number of thiazole rings is 1. The summed E-state index contributed by atoms with van der Waals surface area (Å²) in [5.41, 5.74) is 2.89. The first-order valence-corrected chi connectivity index (χ1v) is 5.51. The van der Waals surface area contributed by atoms with Crippen LogP contribution in [0, 0.1) is 0 Å². The number of hydrogen-bond donors (Lipinski definition) is 1. The molecule has 1 aliphatic heterocycles. The Balaban J connectivity index is 1.97. The van der Waals surface area contributed by atoms with Gasteiger partial charge in [0, 0.05) is 13.1 Å². The topological polar surface area (TPSA) is 34.1 Å². The van der Waals surface area contributed by atoms with Crippen molar-refractivity contribution in [2.75, 3.05) is 13.1 Å². The zero-order chi connectivity index (χ0) is 9.38. The van der Waals surface area contributed by atoms with E-state index in [1.54, 1.807) is 11.3 Å². The van der Waals surface area contributed by atoms with Crippen molar-refractivity contribution in [1.29, 1.82) is 0 Å². The van der Waals surface area contributed by atoms with Gasteiger partial charge in [-0.1, -0.05) is 6.07 Å². The molecule has 1 aromatic heterocycles. The summed E-state index contributed by atoms with van der Waals surface area (Å²) in [6, 6.07) is 6.01. The van der Waals surface area contributed by atoms with Gasteiger partial charge in [-0.25, -0.2) is 4.98 Å². The van der Waals surface area contributed by atoms with Crippen molar-refractivity contribution < 1.29 is 4.74 Å². The highest BCUT2D eigenvalue weighted by Gasteiger charge is 2.19. The van der Waals surface area contributed by atoms with Crippen LogP contribution in [-0.4, -0.2) is 24.2 Å². The molecular weight excluding hydrogens is 196 g/mol. The molecule has 1 fully saturated rings. The summed E-state index contributed by atoms with van der Waals surface area (Å²) >= 11 is 1.63. The number of rotatable bonds is 2. The van der Waals surface area contributed by atoms with Gasteiger partial charge in [0.25, 0.3) is 0 Å². The maximum Gasteiger partial charge on any atom is 0.139 e. The smallest absolute Gasteiger partial charge is 0.139 e. The van der Waals surface area contributed by atoms with Gasteiger partial charge in [-0.3, -0.25) is 0 Å². The average Bonchev–Trinajstić information content (AvgIpc) is 2.59. The van der Waals surface area contributed by atoms with Crippen LogP contribution in [0.3, 0.4) is 0 Å². The molecule has 1 aliphatic rings. The summed E-state index contributed by atoms with van der Waals surface area (Å²) < 4.78 is 6.98. The molecule has 14 heavy (non-hydrogen) atoms. The third kappa shape index (κ3) is 1.27. The van der Waals surface area contributed by atoms with E-state index in [0.717, 1.165) is 29.1 Å². The van der Waals surface area contributed by atoms with E-state index in [9.17, 15) is 0 Å². The predicted octanol–water partition coefficient (Wildman–Crippen LogP) is 1.65. The van der Waals surface area contributed by atoms with Crippen molar-refractivity contribution in [3.63, 3.8) is 0 Å². The van der Waals surface area contributed by atoms with Gasteiger partial charge in [-0.05, 0) is 12.1 Å². The van der Waals surface area contributed by atoms with Crippen LogP contribution in [0.5, 0.6) is 5.75 Å². The number of ether oxygens (including phenoxy) is 1. The number of benzene rings is 1. The van der Waals surface area contributed by atoms with Gasteiger partial charge in [-0.15, -0.1) is 11.3 Å². The maximum absolute atomic E-state index is 5.83. The number of nitrogens with zero attached hydrogens (tertiary/aromatic N) is 1. The molecule has 0 saturated carbocycles. The molecule has 0 amide bonds. The van der Waals surface area contributed by atoms with Gasteiger partial charge in [0.15, 0.2) is 0 Å². The van der Waals surface area contributed by atoms with Crippen LogP contribution < -0.4 is 10.1 Å². The normalized spacial score (nSPS) is 16.9. The minimum absolute atomic E-state index is 0.336. The lowest BCUT2D eigenvalue weighted by Gasteiger charge is -2.27. The second kappa shape index (κ2) is 3.22. The molecule has 3 nitrogen and oxygen atoms in total. The molecule has 2 heterocycles. The third-order valence-electron chi connectivity index (χ3n) is 2.36. The second-order valence-corrected chi connectivity index (χ2v) is 4.21.